The maximum atomic E-state index is 13.2. The number of nitrogens with two attached hydrogens (primary N) is 1. The number of alkyl halides is 1. The van der Waals surface area contributed by atoms with E-state index >= 15 is 0 Å². The number of ether oxygens (including phenoxy) is 1. The molecule has 5 aromatic rings. The Morgan fingerprint density at radius 3 is 2.88 bits per heavy atom. The van der Waals surface area contributed by atoms with Crippen LogP contribution in [0.25, 0.3) is 33.6 Å². The third-order valence-electron chi connectivity index (χ3n) is 8.00. The lowest BCUT2D eigenvalue weighted by atomic mass is 10.0. The van der Waals surface area contributed by atoms with Crippen molar-refractivity contribution in [1.29, 1.82) is 0 Å². The van der Waals surface area contributed by atoms with Crippen LogP contribution in [0.3, 0.4) is 0 Å². The van der Waals surface area contributed by atoms with Crippen molar-refractivity contribution < 1.29 is 13.9 Å². The molecule has 1 amide bonds. The topological polar surface area (TPSA) is 122 Å². The summed E-state index contributed by atoms with van der Waals surface area (Å²) >= 11 is 0. The van der Waals surface area contributed by atoms with Crippen molar-refractivity contribution in [3.8, 4) is 17.4 Å². The number of carbonyl (C=O) groups excluding carboxylic acids is 1. The van der Waals surface area contributed by atoms with Crippen LogP contribution in [0.5, 0.6) is 5.88 Å². The number of hydrogen-bond donors (Lipinski definition) is 1. The first-order valence-corrected chi connectivity index (χ1v) is 14.0. The summed E-state index contributed by atoms with van der Waals surface area (Å²) in [6.07, 6.45) is 10.2. The van der Waals surface area contributed by atoms with Crippen LogP contribution in [-0.4, -0.2) is 76.9 Å². The minimum absolute atomic E-state index is 0.178. The van der Waals surface area contributed by atoms with E-state index in [4.69, 9.17) is 20.4 Å². The van der Waals surface area contributed by atoms with Crippen LogP contribution in [0.15, 0.2) is 43.1 Å². The average molecular weight is 558 g/mol. The van der Waals surface area contributed by atoms with Crippen LogP contribution < -0.4 is 10.5 Å². The van der Waals surface area contributed by atoms with Crippen LogP contribution >= 0.6 is 0 Å². The summed E-state index contributed by atoms with van der Waals surface area (Å²) in [5.74, 6) is 1.78. The fourth-order valence-electron chi connectivity index (χ4n) is 5.66. The van der Waals surface area contributed by atoms with Crippen molar-refractivity contribution in [2.45, 2.75) is 38.4 Å². The molecule has 1 aliphatic heterocycles. The molecule has 11 nitrogen and oxygen atoms in total. The molecule has 2 aliphatic rings. The number of fused-ring (bicyclic) bond motifs is 3. The van der Waals surface area contributed by atoms with Crippen LogP contribution in [-0.2, 0) is 26.6 Å². The standard InChI is InChI=1S/C29H32FN9O2/c1-36-26-23(13-21-22(34-26)5-8-38(29(21)40)16-20(31)14-30)35-27(36)24-12-19-4-6-33-28(25(19)39(24)15-18-2-3-18)41-11-10-37-9-7-32-17-37/h4,6-7,9,12-13,17-18,20H,2-3,5,8,10-11,14-16,31H2,1H3. The summed E-state index contributed by atoms with van der Waals surface area (Å²) in [6.45, 7) is 1.97. The summed E-state index contributed by atoms with van der Waals surface area (Å²) in [7, 11) is 1.96. The Balaban J connectivity index is 1.27. The van der Waals surface area contributed by atoms with E-state index in [9.17, 15) is 9.18 Å². The zero-order chi connectivity index (χ0) is 28.1. The van der Waals surface area contributed by atoms with Gasteiger partial charge in [-0.2, -0.15) is 0 Å². The number of carbonyl (C=O) groups is 1. The van der Waals surface area contributed by atoms with Gasteiger partial charge in [0, 0.05) is 57.1 Å². The zero-order valence-electron chi connectivity index (χ0n) is 22.9. The number of rotatable bonds is 10. The van der Waals surface area contributed by atoms with Crippen LogP contribution in [0.4, 0.5) is 4.39 Å². The molecule has 1 fully saturated rings. The minimum atomic E-state index is -0.693. The van der Waals surface area contributed by atoms with Gasteiger partial charge in [-0.3, -0.25) is 4.79 Å². The van der Waals surface area contributed by atoms with Crippen molar-refractivity contribution in [3.05, 3.63) is 54.4 Å². The first kappa shape index (κ1) is 25.6. The van der Waals surface area contributed by atoms with Gasteiger partial charge in [-0.05, 0) is 37.0 Å². The maximum Gasteiger partial charge on any atom is 0.255 e. The molecule has 5 aromatic heterocycles. The smallest absolute Gasteiger partial charge is 0.255 e. The highest BCUT2D eigenvalue weighted by molar-refractivity contribution is 5.99. The lowest BCUT2D eigenvalue weighted by molar-refractivity contribution is 0.0723. The second-order valence-corrected chi connectivity index (χ2v) is 11.0. The van der Waals surface area contributed by atoms with E-state index in [1.807, 2.05) is 34.5 Å². The average Bonchev–Trinajstić information content (AvgIpc) is 3.35. The van der Waals surface area contributed by atoms with Gasteiger partial charge in [0.25, 0.3) is 5.91 Å². The molecule has 12 heteroatoms. The lowest BCUT2D eigenvalue weighted by Gasteiger charge is -2.29. The van der Waals surface area contributed by atoms with Crippen molar-refractivity contribution in [1.82, 2.24) is 38.5 Å². The number of hydrogen-bond acceptors (Lipinski definition) is 7. The molecule has 0 bridgehead atoms. The van der Waals surface area contributed by atoms with Crippen LogP contribution in [0.2, 0.25) is 0 Å². The van der Waals surface area contributed by atoms with E-state index in [1.165, 1.54) is 12.8 Å². The summed E-state index contributed by atoms with van der Waals surface area (Å²) in [6, 6.07) is 5.26. The van der Waals surface area contributed by atoms with E-state index in [0.29, 0.717) is 49.0 Å². The molecule has 1 saturated carbocycles. The number of nitrogens with zero attached hydrogens (tertiary/aromatic N) is 8. The summed E-state index contributed by atoms with van der Waals surface area (Å²) in [5, 5.41) is 1.03. The highest BCUT2D eigenvalue weighted by Crippen LogP contribution is 2.38. The second-order valence-electron chi connectivity index (χ2n) is 11.0. The monoisotopic (exact) mass is 557 g/mol. The SMILES string of the molecule is Cn1c(-c2cc3ccnc(OCCn4ccnc4)c3n2CC2CC2)nc2cc3c(nc21)CCN(CC(N)CF)C3=O. The molecule has 41 heavy (non-hydrogen) atoms. The first-order valence-electron chi connectivity index (χ1n) is 14.0. The number of amides is 1. The van der Waals surface area contributed by atoms with Crippen molar-refractivity contribution in [2.75, 3.05) is 26.4 Å². The maximum absolute atomic E-state index is 13.2. The molecule has 1 unspecified atom stereocenters. The van der Waals surface area contributed by atoms with Gasteiger partial charge < -0.3 is 29.1 Å². The molecule has 0 saturated heterocycles. The molecular weight excluding hydrogens is 525 g/mol. The third kappa shape index (κ3) is 4.71. The third-order valence-corrected chi connectivity index (χ3v) is 8.00. The molecular formula is C29H32FN9O2. The lowest BCUT2D eigenvalue weighted by Crippen LogP contribution is -2.45. The molecule has 1 aliphatic carbocycles. The fraction of sp³-hybridized carbons (Fsp3) is 0.414. The van der Waals surface area contributed by atoms with Gasteiger partial charge in [0.2, 0.25) is 5.88 Å². The number of imidazole rings is 2. The molecule has 0 radical (unpaired) electrons. The van der Waals surface area contributed by atoms with Gasteiger partial charge >= 0.3 is 0 Å². The van der Waals surface area contributed by atoms with Crippen LogP contribution in [0.1, 0.15) is 28.9 Å². The largest absolute Gasteiger partial charge is 0.474 e. The van der Waals surface area contributed by atoms with E-state index in [-0.39, 0.29) is 12.5 Å². The van der Waals surface area contributed by atoms with E-state index in [0.717, 1.165) is 40.3 Å². The summed E-state index contributed by atoms with van der Waals surface area (Å²) < 4.78 is 25.5. The number of halogens is 1. The van der Waals surface area contributed by atoms with Gasteiger partial charge in [-0.15, -0.1) is 0 Å². The normalized spacial score (nSPS) is 16.1. The molecule has 0 aromatic carbocycles. The first-order chi connectivity index (χ1) is 20.0. The molecule has 6 heterocycles. The van der Waals surface area contributed by atoms with Gasteiger partial charge in [-0.25, -0.2) is 24.3 Å². The quantitative estimate of drug-likeness (QED) is 0.280. The Morgan fingerprint density at radius 1 is 1.22 bits per heavy atom. The molecule has 2 N–H and O–H groups in total. The predicted octanol–water partition coefficient (Wildman–Crippen LogP) is 2.97. The number of pyridine rings is 2. The Labute approximate surface area is 235 Å². The zero-order valence-corrected chi connectivity index (χ0v) is 22.9. The van der Waals surface area contributed by atoms with Crippen LogP contribution in [0, 0.1) is 5.92 Å². The van der Waals surface area contributed by atoms with Gasteiger partial charge in [0.15, 0.2) is 11.5 Å². The van der Waals surface area contributed by atoms with E-state index in [1.54, 1.807) is 23.6 Å². The van der Waals surface area contributed by atoms with Gasteiger partial charge in [0.1, 0.15) is 24.3 Å². The second kappa shape index (κ2) is 10.3. The fourth-order valence-corrected chi connectivity index (χ4v) is 5.66. The highest BCUT2D eigenvalue weighted by atomic mass is 19.1. The Bertz CT molecular complexity index is 1740. The summed E-state index contributed by atoms with van der Waals surface area (Å²) in [4.78, 5) is 33.4. The van der Waals surface area contributed by atoms with Gasteiger partial charge in [-0.1, -0.05) is 0 Å². The number of aryl methyl sites for hydroxylation is 1. The summed E-state index contributed by atoms with van der Waals surface area (Å²) in [5.41, 5.74) is 10.3. The predicted molar refractivity (Wildman–Crippen MR) is 151 cm³/mol. The van der Waals surface area contributed by atoms with E-state index in [2.05, 4.69) is 20.6 Å². The Kier molecular flexibility index (Phi) is 6.41. The highest BCUT2D eigenvalue weighted by Gasteiger charge is 2.30. The van der Waals surface area contributed by atoms with Gasteiger partial charge in [0.05, 0.1) is 35.9 Å². The Morgan fingerprint density at radius 2 is 2.10 bits per heavy atom. The Hall–Kier alpha value is -4.32. The molecule has 1 atom stereocenters. The van der Waals surface area contributed by atoms with Crippen molar-refractivity contribution in [2.24, 2.45) is 18.7 Å². The van der Waals surface area contributed by atoms with Crippen molar-refractivity contribution in [3.63, 3.8) is 0 Å². The molecule has 212 valence electrons. The number of aromatic nitrogens is 7. The molecule has 7 rings (SSSR count). The molecule has 0 spiro atoms. The minimum Gasteiger partial charge on any atom is -0.474 e. The van der Waals surface area contributed by atoms with Crippen molar-refractivity contribution >= 4 is 28.0 Å². The van der Waals surface area contributed by atoms with E-state index < -0.39 is 12.7 Å².